The van der Waals surface area contributed by atoms with Gasteiger partial charge in [-0.1, -0.05) is 13.3 Å². The van der Waals surface area contributed by atoms with E-state index < -0.39 is 11.8 Å². The van der Waals surface area contributed by atoms with Gasteiger partial charge in [-0.2, -0.15) is 4.39 Å². The van der Waals surface area contributed by atoms with Gasteiger partial charge in [0.1, 0.15) is 5.82 Å². The van der Waals surface area contributed by atoms with Crippen molar-refractivity contribution in [3.05, 3.63) is 29.6 Å². The van der Waals surface area contributed by atoms with E-state index in [9.17, 15) is 8.78 Å². The predicted molar refractivity (Wildman–Crippen MR) is 38.1 cm³/mol. The number of aromatic nitrogens is 1. The average molecular weight is 157 g/mol. The smallest absolute Gasteiger partial charge is 0.216 e. The molecule has 0 atom stereocenters. The van der Waals surface area contributed by atoms with Crippen molar-refractivity contribution in [2.24, 2.45) is 0 Å². The molecule has 0 fully saturated rings. The van der Waals surface area contributed by atoms with E-state index in [1.54, 1.807) is 0 Å². The van der Waals surface area contributed by atoms with Crippen LogP contribution >= 0.6 is 0 Å². The van der Waals surface area contributed by atoms with Crippen molar-refractivity contribution in [1.82, 2.24) is 4.98 Å². The summed E-state index contributed by atoms with van der Waals surface area (Å²) in [5.41, 5.74) is 0.354. The van der Waals surface area contributed by atoms with Gasteiger partial charge in [0.2, 0.25) is 5.95 Å². The van der Waals surface area contributed by atoms with Gasteiger partial charge in [-0.15, -0.1) is 0 Å². The van der Waals surface area contributed by atoms with Gasteiger partial charge in [-0.25, -0.2) is 9.37 Å². The highest BCUT2D eigenvalue weighted by atomic mass is 19.1. The molecule has 0 aliphatic carbocycles. The fraction of sp³-hybridized carbons (Fsp3) is 0.375. The molecule has 1 heterocycles. The van der Waals surface area contributed by atoms with Crippen LogP contribution in [-0.4, -0.2) is 4.98 Å². The Bertz CT molecular complexity index is 248. The summed E-state index contributed by atoms with van der Waals surface area (Å²) in [6.45, 7) is 1.91. The maximum Gasteiger partial charge on any atom is 0.216 e. The lowest BCUT2D eigenvalue weighted by molar-refractivity contribution is 0.542. The van der Waals surface area contributed by atoms with E-state index in [0.29, 0.717) is 12.0 Å². The van der Waals surface area contributed by atoms with E-state index in [-0.39, 0.29) is 0 Å². The first-order valence-corrected chi connectivity index (χ1v) is 3.54. The van der Waals surface area contributed by atoms with E-state index in [0.717, 1.165) is 12.6 Å². The molecule has 0 unspecified atom stereocenters. The van der Waals surface area contributed by atoms with Crippen molar-refractivity contribution < 1.29 is 8.78 Å². The van der Waals surface area contributed by atoms with Crippen LogP contribution in [0.1, 0.15) is 18.9 Å². The molecule has 0 N–H and O–H groups in total. The summed E-state index contributed by atoms with van der Waals surface area (Å²) < 4.78 is 25.1. The van der Waals surface area contributed by atoms with E-state index in [4.69, 9.17) is 0 Å². The maximum atomic E-state index is 12.7. The van der Waals surface area contributed by atoms with Crippen LogP contribution in [-0.2, 0) is 6.42 Å². The topological polar surface area (TPSA) is 12.9 Å². The Hall–Kier alpha value is -0.990. The lowest BCUT2D eigenvalue weighted by Gasteiger charge is -1.98. The standard InChI is InChI=1S/C8H9F2N/c1-2-3-6-4-7(9)5-11-8(6)10/h4-5H,2-3H2,1H3. The second-order valence-electron chi connectivity index (χ2n) is 2.35. The van der Waals surface area contributed by atoms with Crippen molar-refractivity contribution in [3.8, 4) is 0 Å². The number of pyridine rings is 1. The van der Waals surface area contributed by atoms with Crippen molar-refractivity contribution in [2.45, 2.75) is 19.8 Å². The van der Waals surface area contributed by atoms with E-state index in [1.165, 1.54) is 6.07 Å². The highest BCUT2D eigenvalue weighted by Crippen LogP contribution is 2.08. The molecule has 1 aromatic rings. The van der Waals surface area contributed by atoms with Crippen molar-refractivity contribution in [3.63, 3.8) is 0 Å². The second-order valence-corrected chi connectivity index (χ2v) is 2.35. The molecular formula is C8H9F2N. The minimum atomic E-state index is -0.562. The largest absolute Gasteiger partial charge is 0.225 e. The Kier molecular flexibility index (Phi) is 2.52. The van der Waals surface area contributed by atoms with Crippen molar-refractivity contribution in [1.29, 1.82) is 0 Å². The average Bonchev–Trinajstić information content (AvgIpc) is 1.98. The molecule has 1 rings (SSSR count). The molecule has 3 heteroatoms. The molecule has 0 radical (unpaired) electrons. The summed E-state index contributed by atoms with van der Waals surface area (Å²) in [7, 11) is 0. The zero-order chi connectivity index (χ0) is 8.27. The van der Waals surface area contributed by atoms with Gasteiger partial charge in [-0.05, 0) is 12.5 Å². The molecule has 60 valence electrons. The highest BCUT2D eigenvalue weighted by Gasteiger charge is 2.02. The quantitative estimate of drug-likeness (QED) is 0.600. The molecule has 11 heavy (non-hydrogen) atoms. The third-order valence-corrected chi connectivity index (χ3v) is 1.40. The highest BCUT2D eigenvalue weighted by molar-refractivity contribution is 5.11. The molecular weight excluding hydrogens is 148 g/mol. The summed E-state index contributed by atoms with van der Waals surface area (Å²) in [5.74, 6) is -1.04. The number of aryl methyl sites for hydroxylation is 1. The van der Waals surface area contributed by atoms with Gasteiger partial charge >= 0.3 is 0 Å². The number of rotatable bonds is 2. The van der Waals surface area contributed by atoms with Crippen LogP contribution < -0.4 is 0 Å². The van der Waals surface area contributed by atoms with Crippen molar-refractivity contribution in [2.75, 3.05) is 0 Å². The van der Waals surface area contributed by atoms with Gasteiger partial charge in [0.15, 0.2) is 0 Å². The van der Waals surface area contributed by atoms with Crippen LogP contribution in [0.25, 0.3) is 0 Å². The first kappa shape index (κ1) is 8.11. The zero-order valence-electron chi connectivity index (χ0n) is 6.27. The number of hydrogen-bond acceptors (Lipinski definition) is 1. The molecule has 0 saturated carbocycles. The van der Waals surface area contributed by atoms with Gasteiger partial charge in [0, 0.05) is 5.56 Å². The van der Waals surface area contributed by atoms with Gasteiger partial charge in [0.25, 0.3) is 0 Å². The monoisotopic (exact) mass is 157 g/mol. The second kappa shape index (κ2) is 3.42. The fourth-order valence-corrected chi connectivity index (χ4v) is 0.909. The number of hydrogen-bond donors (Lipinski definition) is 0. The minimum absolute atomic E-state index is 0.354. The molecule has 0 aliphatic rings. The summed E-state index contributed by atoms with van der Waals surface area (Å²) in [5, 5.41) is 0. The molecule has 0 aliphatic heterocycles. The normalized spacial score (nSPS) is 10.1. The fourth-order valence-electron chi connectivity index (χ4n) is 0.909. The summed E-state index contributed by atoms with van der Waals surface area (Å²) in [6, 6.07) is 1.19. The summed E-state index contributed by atoms with van der Waals surface area (Å²) in [6.07, 6.45) is 2.22. The molecule has 0 amide bonds. The number of halogens is 2. The van der Waals surface area contributed by atoms with Crippen molar-refractivity contribution >= 4 is 0 Å². The first-order chi connectivity index (χ1) is 5.24. The van der Waals surface area contributed by atoms with Gasteiger partial charge in [0.05, 0.1) is 6.20 Å². The third-order valence-electron chi connectivity index (χ3n) is 1.40. The Morgan fingerprint density at radius 1 is 1.45 bits per heavy atom. The van der Waals surface area contributed by atoms with Crippen LogP contribution in [0, 0.1) is 11.8 Å². The van der Waals surface area contributed by atoms with Crippen LogP contribution in [0.2, 0.25) is 0 Å². The van der Waals surface area contributed by atoms with E-state index >= 15 is 0 Å². The SMILES string of the molecule is CCCc1cc(F)cnc1F. The molecule has 0 aromatic carbocycles. The number of nitrogens with zero attached hydrogens (tertiary/aromatic N) is 1. The van der Waals surface area contributed by atoms with Crippen LogP contribution in [0.4, 0.5) is 8.78 Å². The third kappa shape index (κ3) is 1.97. The van der Waals surface area contributed by atoms with Crippen LogP contribution in [0.3, 0.4) is 0 Å². The Morgan fingerprint density at radius 2 is 2.18 bits per heavy atom. The first-order valence-electron chi connectivity index (χ1n) is 3.54. The molecule has 0 bridgehead atoms. The molecule has 0 saturated heterocycles. The summed E-state index contributed by atoms with van der Waals surface area (Å²) in [4.78, 5) is 3.26. The zero-order valence-corrected chi connectivity index (χ0v) is 6.27. The van der Waals surface area contributed by atoms with E-state index in [2.05, 4.69) is 4.98 Å². The predicted octanol–water partition coefficient (Wildman–Crippen LogP) is 2.31. The van der Waals surface area contributed by atoms with E-state index in [1.807, 2.05) is 6.92 Å². The lowest BCUT2D eigenvalue weighted by Crippen LogP contribution is -1.94. The van der Waals surface area contributed by atoms with Gasteiger partial charge in [-0.3, -0.25) is 0 Å². The minimum Gasteiger partial charge on any atom is -0.225 e. The van der Waals surface area contributed by atoms with Gasteiger partial charge < -0.3 is 0 Å². The van der Waals surface area contributed by atoms with Crippen LogP contribution in [0.5, 0.6) is 0 Å². The Labute approximate surface area is 64.1 Å². The van der Waals surface area contributed by atoms with Crippen LogP contribution in [0.15, 0.2) is 12.3 Å². The maximum absolute atomic E-state index is 12.7. The Balaban J connectivity index is 2.93. The molecule has 0 spiro atoms. The molecule has 1 aromatic heterocycles. The Morgan fingerprint density at radius 3 is 2.82 bits per heavy atom. The lowest BCUT2D eigenvalue weighted by atomic mass is 10.2. The molecule has 1 nitrogen and oxygen atoms in total. The summed E-state index contributed by atoms with van der Waals surface area (Å²) >= 11 is 0.